The second-order valence-electron chi connectivity index (χ2n) is 5.21. The van der Waals surface area contributed by atoms with E-state index < -0.39 is 11.6 Å². The molecule has 0 unspecified atom stereocenters. The Morgan fingerprint density at radius 1 is 1.17 bits per heavy atom. The Bertz CT molecular complexity index is 811. The molecule has 3 rings (SSSR count). The monoisotopic (exact) mass is 364 g/mol. The van der Waals surface area contributed by atoms with Crippen LogP contribution in [0.25, 0.3) is 10.6 Å². The van der Waals surface area contributed by atoms with Gasteiger partial charge in [0.2, 0.25) is 5.91 Å². The first-order valence-corrected chi connectivity index (χ1v) is 9.11. The summed E-state index contributed by atoms with van der Waals surface area (Å²) < 4.78 is 26.2. The third-order valence-electron chi connectivity index (χ3n) is 3.32. The van der Waals surface area contributed by atoms with Crippen LogP contribution in [0.1, 0.15) is 11.3 Å². The van der Waals surface area contributed by atoms with Crippen LogP contribution in [-0.2, 0) is 17.6 Å². The molecule has 3 aromatic rings. The zero-order chi connectivity index (χ0) is 16.9. The van der Waals surface area contributed by atoms with Crippen LogP contribution in [0.2, 0.25) is 0 Å². The van der Waals surface area contributed by atoms with Gasteiger partial charge in [-0.25, -0.2) is 13.8 Å². The number of nitrogens with one attached hydrogen (secondary N) is 1. The highest BCUT2D eigenvalue weighted by molar-refractivity contribution is 7.14. The van der Waals surface area contributed by atoms with Crippen LogP contribution in [0.5, 0.6) is 0 Å². The molecule has 2 aromatic heterocycles. The van der Waals surface area contributed by atoms with E-state index in [1.165, 1.54) is 23.5 Å². The Labute approximate surface area is 146 Å². The van der Waals surface area contributed by atoms with Gasteiger partial charge in [-0.3, -0.25) is 4.79 Å². The summed E-state index contributed by atoms with van der Waals surface area (Å²) >= 11 is 3.11. The molecule has 1 N–H and O–H groups in total. The van der Waals surface area contributed by atoms with E-state index in [0.717, 1.165) is 22.3 Å². The van der Waals surface area contributed by atoms with Crippen LogP contribution in [0.4, 0.5) is 8.78 Å². The van der Waals surface area contributed by atoms with Crippen LogP contribution in [-0.4, -0.2) is 17.4 Å². The van der Waals surface area contributed by atoms with Crippen LogP contribution >= 0.6 is 22.7 Å². The van der Waals surface area contributed by atoms with Crippen molar-refractivity contribution in [1.29, 1.82) is 0 Å². The van der Waals surface area contributed by atoms with E-state index in [4.69, 9.17) is 0 Å². The number of carbonyl (C=O) groups is 1. The highest BCUT2D eigenvalue weighted by Gasteiger charge is 2.09. The van der Waals surface area contributed by atoms with Gasteiger partial charge in [-0.05, 0) is 35.6 Å². The van der Waals surface area contributed by atoms with Crippen molar-refractivity contribution >= 4 is 28.6 Å². The second kappa shape index (κ2) is 7.63. The summed E-state index contributed by atoms with van der Waals surface area (Å²) in [6, 6.07) is 5.35. The van der Waals surface area contributed by atoms with Crippen LogP contribution in [0.15, 0.2) is 40.4 Å². The third-order valence-corrected chi connectivity index (χ3v) is 4.94. The molecule has 0 aliphatic carbocycles. The minimum Gasteiger partial charge on any atom is -0.355 e. The average molecular weight is 364 g/mol. The van der Waals surface area contributed by atoms with Gasteiger partial charge in [0.1, 0.15) is 16.6 Å². The second-order valence-corrected chi connectivity index (χ2v) is 6.85. The summed E-state index contributed by atoms with van der Waals surface area (Å²) in [4.78, 5) is 16.4. The number of nitrogens with zero attached hydrogens (tertiary/aromatic N) is 1. The van der Waals surface area contributed by atoms with E-state index in [9.17, 15) is 13.6 Å². The summed E-state index contributed by atoms with van der Waals surface area (Å²) in [5, 5.41) is 9.51. The van der Waals surface area contributed by atoms with Gasteiger partial charge in [0.05, 0.1) is 12.1 Å². The molecule has 0 spiro atoms. The molecule has 1 amide bonds. The van der Waals surface area contributed by atoms with E-state index in [1.807, 2.05) is 22.2 Å². The minimum absolute atomic E-state index is 0.158. The molecule has 0 radical (unpaired) electrons. The van der Waals surface area contributed by atoms with Gasteiger partial charge < -0.3 is 5.32 Å². The molecule has 0 aliphatic heterocycles. The lowest BCUT2D eigenvalue weighted by atomic mass is 10.1. The normalized spacial score (nSPS) is 10.8. The molecule has 2 heterocycles. The number of rotatable bonds is 6. The van der Waals surface area contributed by atoms with Crippen molar-refractivity contribution in [3.05, 3.63) is 63.3 Å². The molecule has 24 heavy (non-hydrogen) atoms. The number of amides is 1. The zero-order valence-electron chi connectivity index (χ0n) is 12.6. The highest BCUT2D eigenvalue weighted by atomic mass is 32.1. The van der Waals surface area contributed by atoms with Gasteiger partial charge >= 0.3 is 0 Å². The van der Waals surface area contributed by atoms with Crippen LogP contribution in [0.3, 0.4) is 0 Å². The fraction of sp³-hybridized carbons (Fsp3) is 0.176. The van der Waals surface area contributed by atoms with Gasteiger partial charge in [-0.1, -0.05) is 0 Å². The molecule has 3 nitrogen and oxygen atoms in total. The van der Waals surface area contributed by atoms with Crippen molar-refractivity contribution in [2.75, 3.05) is 6.54 Å². The number of hydrogen-bond donors (Lipinski definition) is 1. The predicted molar refractivity (Wildman–Crippen MR) is 92.2 cm³/mol. The van der Waals surface area contributed by atoms with Crippen molar-refractivity contribution in [3.8, 4) is 10.6 Å². The van der Waals surface area contributed by atoms with Gasteiger partial charge in [0, 0.05) is 28.9 Å². The molecular weight excluding hydrogens is 350 g/mol. The first-order valence-electron chi connectivity index (χ1n) is 7.29. The first kappa shape index (κ1) is 16.7. The fourth-order valence-electron chi connectivity index (χ4n) is 2.24. The Balaban J connectivity index is 1.49. The largest absolute Gasteiger partial charge is 0.355 e. The molecule has 0 bridgehead atoms. The Morgan fingerprint density at radius 3 is 2.67 bits per heavy atom. The summed E-state index contributed by atoms with van der Waals surface area (Å²) in [5.74, 6) is -1.38. The number of aromatic nitrogens is 1. The van der Waals surface area contributed by atoms with E-state index in [-0.39, 0.29) is 12.3 Å². The topological polar surface area (TPSA) is 42.0 Å². The smallest absolute Gasteiger partial charge is 0.226 e. The first-order chi connectivity index (χ1) is 11.6. The van der Waals surface area contributed by atoms with Crippen molar-refractivity contribution in [1.82, 2.24) is 10.3 Å². The van der Waals surface area contributed by atoms with Gasteiger partial charge in [0.15, 0.2) is 0 Å². The summed E-state index contributed by atoms with van der Waals surface area (Å²) in [6.45, 7) is 0.323. The van der Waals surface area contributed by atoms with Crippen molar-refractivity contribution in [3.63, 3.8) is 0 Å². The van der Waals surface area contributed by atoms with Gasteiger partial charge in [-0.2, -0.15) is 11.3 Å². The Kier molecular flexibility index (Phi) is 5.32. The zero-order valence-corrected chi connectivity index (χ0v) is 14.2. The molecule has 124 valence electrons. The summed E-state index contributed by atoms with van der Waals surface area (Å²) in [6.07, 6.45) is 0.565. The quantitative estimate of drug-likeness (QED) is 0.717. The number of thiophene rings is 1. The average Bonchev–Trinajstić information content (AvgIpc) is 3.16. The predicted octanol–water partition coefficient (Wildman–Crippen LogP) is 4.05. The Morgan fingerprint density at radius 2 is 1.96 bits per heavy atom. The molecule has 0 aliphatic rings. The summed E-state index contributed by atoms with van der Waals surface area (Å²) in [7, 11) is 0. The van der Waals surface area contributed by atoms with E-state index in [0.29, 0.717) is 18.5 Å². The number of hydrogen-bond acceptors (Lipinski definition) is 4. The van der Waals surface area contributed by atoms with E-state index in [2.05, 4.69) is 10.3 Å². The SMILES string of the molecule is O=C(Cc1csc(-c2ccsc2)n1)NCCc1cc(F)cc(F)c1. The lowest BCUT2D eigenvalue weighted by molar-refractivity contribution is -0.120. The van der Waals surface area contributed by atoms with Crippen molar-refractivity contribution in [2.45, 2.75) is 12.8 Å². The van der Waals surface area contributed by atoms with E-state index >= 15 is 0 Å². The molecule has 7 heteroatoms. The van der Waals surface area contributed by atoms with Gasteiger partial charge in [0.25, 0.3) is 0 Å². The standard InChI is InChI=1S/C17H14F2N2OS2/c18-13-5-11(6-14(19)7-13)1-3-20-16(22)8-15-10-24-17(21-15)12-2-4-23-9-12/h2,4-7,9-10H,1,3,8H2,(H,20,22). The van der Waals surface area contributed by atoms with Crippen molar-refractivity contribution < 1.29 is 13.6 Å². The molecule has 0 fully saturated rings. The minimum atomic E-state index is -0.611. The van der Waals surface area contributed by atoms with Crippen LogP contribution < -0.4 is 5.32 Å². The molecule has 0 atom stereocenters. The number of thiazole rings is 1. The molecular formula is C17H14F2N2OS2. The van der Waals surface area contributed by atoms with E-state index in [1.54, 1.807) is 11.3 Å². The maximum atomic E-state index is 13.1. The fourth-order valence-corrected chi connectivity index (χ4v) is 3.77. The number of benzene rings is 1. The molecule has 1 aromatic carbocycles. The highest BCUT2D eigenvalue weighted by Crippen LogP contribution is 2.25. The Hall–Kier alpha value is -2.12. The lowest BCUT2D eigenvalue weighted by Crippen LogP contribution is -2.27. The number of carbonyl (C=O) groups excluding carboxylic acids is 1. The maximum Gasteiger partial charge on any atom is 0.226 e. The summed E-state index contributed by atoms with van der Waals surface area (Å²) in [5.41, 5.74) is 2.29. The third kappa shape index (κ3) is 4.46. The lowest BCUT2D eigenvalue weighted by Gasteiger charge is -2.05. The molecule has 0 saturated heterocycles. The molecule has 0 saturated carbocycles. The maximum absolute atomic E-state index is 13.1. The number of halogens is 2. The van der Waals surface area contributed by atoms with Gasteiger partial charge in [-0.15, -0.1) is 11.3 Å². The van der Waals surface area contributed by atoms with Crippen LogP contribution in [0, 0.1) is 11.6 Å². The van der Waals surface area contributed by atoms with Crippen molar-refractivity contribution in [2.24, 2.45) is 0 Å².